The van der Waals surface area contributed by atoms with Crippen molar-refractivity contribution in [3.05, 3.63) is 48.0 Å². The summed E-state index contributed by atoms with van der Waals surface area (Å²) in [6.07, 6.45) is 0. The van der Waals surface area contributed by atoms with E-state index in [1.807, 2.05) is 0 Å². The predicted molar refractivity (Wildman–Crippen MR) is 69.1 cm³/mol. The second-order valence-electron chi connectivity index (χ2n) is 3.66. The lowest BCUT2D eigenvalue weighted by molar-refractivity contribution is 0.0698. The minimum Gasteiger partial charge on any atom is -0.507 e. The van der Waals surface area contributed by atoms with Crippen LogP contribution in [0.5, 0.6) is 5.75 Å². The summed E-state index contributed by atoms with van der Waals surface area (Å²) >= 11 is 0. The number of aromatic hydroxyl groups is 1. The van der Waals surface area contributed by atoms with Crippen LogP contribution in [0.2, 0.25) is 0 Å². The lowest BCUT2D eigenvalue weighted by Crippen LogP contribution is -2.12. The van der Waals surface area contributed by atoms with E-state index in [4.69, 9.17) is 5.11 Å². The molecular weight excluding hydrogens is 251 g/mol. The lowest BCUT2D eigenvalue weighted by Gasteiger charge is -2.06. The number of benzene rings is 2. The van der Waals surface area contributed by atoms with Crippen LogP contribution in [0.15, 0.2) is 42.5 Å². The first-order chi connectivity index (χ1) is 8.65. The third-order valence-electron chi connectivity index (χ3n) is 2.58. The van der Waals surface area contributed by atoms with Gasteiger partial charge in [0.05, 0.1) is 5.56 Å². The SMILES string of the molecule is O=[PH+]c1c(C(=O)O)ccc(O)c1-c1ccccc1. The fourth-order valence-corrected chi connectivity index (χ4v) is 2.45. The lowest BCUT2D eigenvalue weighted by atomic mass is 10.0. The molecule has 4 nitrogen and oxygen atoms in total. The van der Waals surface area contributed by atoms with Crippen LogP contribution in [-0.4, -0.2) is 16.2 Å². The van der Waals surface area contributed by atoms with Crippen LogP contribution in [-0.2, 0) is 4.57 Å². The van der Waals surface area contributed by atoms with Gasteiger partial charge in [0.1, 0.15) is 11.3 Å². The molecule has 18 heavy (non-hydrogen) atoms. The second-order valence-corrected chi connectivity index (χ2v) is 4.36. The summed E-state index contributed by atoms with van der Waals surface area (Å²) in [7, 11) is -0.948. The molecular formula is C13H10O4P+. The fourth-order valence-electron chi connectivity index (χ4n) is 1.77. The van der Waals surface area contributed by atoms with E-state index in [-0.39, 0.29) is 16.6 Å². The van der Waals surface area contributed by atoms with Crippen LogP contribution in [0.4, 0.5) is 0 Å². The Balaban J connectivity index is 2.77. The molecule has 0 bridgehead atoms. The van der Waals surface area contributed by atoms with Crippen molar-refractivity contribution in [2.45, 2.75) is 0 Å². The standard InChI is InChI=1S/C13H9O4P/c14-10-7-6-9(13(15)16)12(18-17)11(10)8-4-2-1-3-5-8/h1-7,14H,(H,15,16)/p+1. The highest BCUT2D eigenvalue weighted by Gasteiger charge is 2.24. The Morgan fingerprint density at radius 1 is 1.06 bits per heavy atom. The van der Waals surface area contributed by atoms with Crippen molar-refractivity contribution in [1.29, 1.82) is 0 Å². The summed E-state index contributed by atoms with van der Waals surface area (Å²) in [6, 6.07) is 11.3. The Labute approximate surface area is 105 Å². The highest BCUT2D eigenvalue weighted by Crippen LogP contribution is 2.30. The van der Waals surface area contributed by atoms with Gasteiger partial charge >= 0.3 is 14.4 Å². The zero-order valence-corrected chi connectivity index (χ0v) is 10.3. The van der Waals surface area contributed by atoms with Crippen LogP contribution in [0.1, 0.15) is 10.4 Å². The van der Waals surface area contributed by atoms with Crippen LogP contribution < -0.4 is 5.30 Å². The second kappa shape index (κ2) is 4.98. The van der Waals surface area contributed by atoms with Gasteiger partial charge in [0.25, 0.3) is 0 Å². The van der Waals surface area contributed by atoms with Gasteiger partial charge in [-0.1, -0.05) is 34.9 Å². The summed E-state index contributed by atoms with van der Waals surface area (Å²) in [5, 5.41) is 19.0. The third-order valence-corrected chi connectivity index (χ3v) is 3.30. The highest BCUT2D eigenvalue weighted by atomic mass is 31.1. The van der Waals surface area contributed by atoms with E-state index < -0.39 is 14.4 Å². The molecule has 1 atom stereocenters. The molecule has 2 aromatic carbocycles. The van der Waals surface area contributed by atoms with Crippen LogP contribution >= 0.6 is 8.46 Å². The summed E-state index contributed by atoms with van der Waals surface area (Å²) in [5.41, 5.74) is 0.889. The Bertz CT molecular complexity index is 608. The first-order valence-corrected chi connectivity index (χ1v) is 6.09. The number of rotatable bonds is 3. The smallest absolute Gasteiger partial charge is 0.364 e. The molecule has 0 aliphatic rings. The maximum Gasteiger partial charge on any atom is 0.364 e. The van der Waals surface area contributed by atoms with Gasteiger partial charge in [0, 0.05) is 0 Å². The average Bonchev–Trinajstić information content (AvgIpc) is 2.38. The van der Waals surface area contributed by atoms with Crippen molar-refractivity contribution in [1.82, 2.24) is 0 Å². The predicted octanol–water partition coefficient (Wildman–Crippen LogP) is 2.41. The maximum absolute atomic E-state index is 11.3. The number of hydrogen-bond donors (Lipinski definition) is 2. The van der Waals surface area contributed by atoms with E-state index in [1.54, 1.807) is 30.3 Å². The zero-order chi connectivity index (χ0) is 13.1. The topological polar surface area (TPSA) is 74.6 Å². The number of aromatic carboxylic acids is 1. The summed E-state index contributed by atoms with van der Waals surface area (Å²) in [6.45, 7) is 0. The number of carboxylic acids is 1. The van der Waals surface area contributed by atoms with Gasteiger partial charge in [-0.15, -0.1) is 0 Å². The van der Waals surface area contributed by atoms with E-state index in [2.05, 4.69) is 0 Å². The van der Waals surface area contributed by atoms with Crippen molar-refractivity contribution in [3.8, 4) is 16.9 Å². The minimum atomic E-state index is -1.16. The average molecular weight is 261 g/mol. The van der Waals surface area contributed by atoms with Crippen molar-refractivity contribution in [3.63, 3.8) is 0 Å². The van der Waals surface area contributed by atoms with Gasteiger partial charge in [-0.2, -0.15) is 0 Å². The van der Waals surface area contributed by atoms with Crippen molar-refractivity contribution in [2.75, 3.05) is 0 Å². The first kappa shape index (κ1) is 12.3. The number of phenolic OH excluding ortho intramolecular Hbond substituents is 1. The van der Waals surface area contributed by atoms with Crippen molar-refractivity contribution < 1.29 is 19.6 Å². The molecule has 0 heterocycles. The zero-order valence-electron chi connectivity index (χ0n) is 9.25. The summed E-state index contributed by atoms with van der Waals surface area (Å²) in [4.78, 5) is 11.1. The van der Waals surface area contributed by atoms with E-state index in [1.165, 1.54) is 12.1 Å². The molecule has 0 spiro atoms. The van der Waals surface area contributed by atoms with E-state index in [0.29, 0.717) is 11.1 Å². The number of hydrogen-bond acceptors (Lipinski definition) is 3. The monoisotopic (exact) mass is 261 g/mol. The van der Waals surface area contributed by atoms with Crippen molar-refractivity contribution >= 4 is 19.7 Å². The minimum absolute atomic E-state index is 0.0556. The molecule has 2 N–H and O–H groups in total. The first-order valence-electron chi connectivity index (χ1n) is 5.18. The largest absolute Gasteiger partial charge is 0.507 e. The molecule has 1 unspecified atom stereocenters. The maximum atomic E-state index is 11.3. The van der Waals surface area contributed by atoms with Crippen LogP contribution in [0.3, 0.4) is 0 Å². The molecule has 0 aliphatic heterocycles. The van der Waals surface area contributed by atoms with E-state index >= 15 is 0 Å². The third kappa shape index (κ3) is 2.11. The number of phenols is 1. The van der Waals surface area contributed by atoms with Crippen LogP contribution in [0.25, 0.3) is 11.1 Å². The molecule has 0 saturated heterocycles. The van der Waals surface area contributed by atoms with E-state index in [0.717, 1.165) is 0 Å². The Hall–Kier alpha value is -2.19. The molecule has 0 amide bonds. The van der Waals surface area contributed by atoms with Gasteiger partial charge in [0.15, 0.2) is 0 Å². The van der Waals surface area contributed by atoms with Crippen LogP contribution in [0, 0.1) is 0 Å². The Kier molecular flexibility index (Phi) is 3.40. The number of carboxylic acid groups (broad SMARTS) is 1. The van der Waals surface area contributed by atoms with Gasteiger partial charge in [0.2, 0.25) is 5.30 Å². The fraction of sp³-hybridized carbons (Fsp3) is 0. The quantitative estimate of drug-likeness (QED) is 0.832. The van der Waals surface area contributed by atoms with Crippen molar-refractivity contribution in [2.24, 2.45) is 0 Å². The molecule has 2 rings (SSSR count). The van der Waals surface area contributed by atoms with Gasteiger partial charge in [-0.05, 0) is 17.7 Å². The normalized spacial score (nSPS) is 10.4. The highest BCUT2D eigenvalue weighted by molar-refractivity contribution is 7.35. The van der Waals surface area contributed by atoms with Gasteiger partial charge in [-0.25, -0.2) is 4.79 Å². The van der Waals surface area contributed by atoms with E-state index in [9.17, 15) is 14.5 Å². The van der Waals surface area contributed by atoms with Gasteiger partial charge in [-0.3, -0.25) is 0 Å². The Morgan fingerprint density at radius 3 is 2.28 bits per heavy atom. The van der Waals surface area contributed by atoms with Gasteiger partial charge < -0.3 is 10.2 Å². The molecule has 0 saturated carbocycles. The molecule has 0 aromatic heterocycles. The molecule has 0 fully saturated rings. The molecule has 90 valence electrons. The number of carbonyl (C=O) groups is 1. The molecule has 2 aromatic rings. The molecule has 0 radical (unpaired) electrons. The summed E-state index contributed by atoms with van der Waals surface area (Å²) in [5.74, 6) is -1.24. The summed E-state index contributed by atoms with van der Waals surface area (Å²) < 4.78 is 11.3. The molecule has 5 heteroatoms. The molecule has 0 aliphatic carbocycles. The Morgan fingerprint density at radius 2 is 1.72 bits per heavy atom.